The molecule has 2 nitrogen and oxygen atoms in total. The number of carbonyl (C=O) groups excluding carboxylic acids is 1. The van der Waals surface area contributed by atoms with Crippen molar-refractivity contribution in [3.05, 3.63) is 43.9 Å². The Morgan fingerprint density at radius 2 is 1.80 bits per heavy atom. The van der Waals surface area contributed by atoms with Gasteiger partial charge in [-0.2, -0.15) is 0 Å². The van der Waals surface area contributed by atoms with Crippen molar-refractivity contribution in [3.8, 4) is 0 Å². The van der Waals surface area contributed by atoms with Crippen LogP contribution in [-0.2, 0) is 4.74 Å². The Kier molecular flexibility index (Phi) is 6.96. The number of esters is 1. The van der Waals surface area contributed by atoms with E-state index in [1.165, 1.54) is 0 Å². The molecule has 1 atom stereocenters. The predicted octanol–water partition coefficient (Wildman–Crippen LogP) is 5.43. The first kappa shape index (κ1) is 17.4. The molecule has 0 N–H and O–H groups in total. The molecule has 0 saturated heterocycles. The number of aryl methyl sites for hydroxylation is 3. The van der Waals surface area contributed by atoms with Crippen LogP contribution in [0.1, 0.15) is 40.4 Å². The minimum atomic E-state index is -0.228. The van der Waals surface area contributed by atoms with Crippen molar-refractivity contribution in [2.24, 2.45) is 5.92 Å². The van der Waals surface area contributed by atoms with Gasteiger partial charge in [-0.25, -0.2) is 4.79 Å². The monoisotopic (exact) mass is 402 g/mol. The number of allylic oxidation sites excluding steroid dienone is 1. The summed E-state index contributed by atoms with van der Waals surface area (Å²) in [6.07, 6.45) is 2.84. The SMILES string of the molecule is Cc1cc(C)c(C(=O)OCCC(C)C=C(Br)Br)c(C)c1. The molecule has 0 saturated carbocycles. The second-order valence-electron chi connectivity index (χ2n) is 5.13. The number of benzene rings is 1. The Balaban J connectivity index is 2.63. The molecule has 1 rings (SSSR count). The molecule has 1 unspecified atom stereocenters. The zero-order chi connectivity index (χ0) is 15.3. The Bertz CT molecular complexity index is 494. The van der Waals surface area contributed by atoms with Crippen LogP contribution in [0.4, 0.5) is 0 Å². The molecule has 0 bridgehead atoms. The van der Waals surface area contributed by atoms with Crippen molar-refractivity contribution >= 4 is 37.8 Å². The molecular formula is C16H20Br2O2. The van der Waals surface area contributed by atoms with Gasteiger partial charge in [0.05, 0.1) is 15.6 Å². The highest BCUT2D eigenvalue weighted by atomic mass is 79.9. The van der Waals surface area contributed by atoms with Gasteiger partial charge < -0.3 is 4.74 Å². The van der Waals surface area contributed by atoms with Crippen LogP contribution in [0.15, 0.2) is 21.6 Å². The van der Waals surface area contributed by atoms with Gasteiger partial charge in [0.15, 0.2) is 0 Å². The zero-order valence-corrected chi connectivity index (χ0v) is 15.5. The molecule has 110 valence electrons. The third-order valence-electron chi connectivity index (χ3n) is 3.10. The third kappa shape index (κ3) is 5.41. The first-order chi connectivity index (χ1) is 9.31. The van der Waals surface area contributed by atoms with Crippen molar-refractivity contribution in [3.63, 3.8) is 0 Å². The van der Waals surface area contributed by atoms with Crippen LogP contribution in [-0.4, -0.2) is 12.6 Å². The average molecular weight is 404 g/mol. The summed E-state index contributed by atoms with van der Waals surface area (Å²) in [7, 11) is 0. The minimum Gasteiger partial charge on any atom is -0.462 e. The van der Waals surface area contributed by atoms with E-state index in [-0.39, 0.29) is 5.97 Å². The molecule has 0 aliphatic heterocycles. The largest absolute Gasteiger partial charge is 0.462 e. The lowest BCUT2D eigenvalue weighted by Gasteiger charge is -2.12. The van der Waals surface area contributed by atoms with Gasteiger partial charge in [0.2, 0.25) is 0 Å². The Morgan fingerprint density at radius 1 is 1.25 bits per heavy atom. The zero-order valence-electron chi connectivity index (χ0n) is 12.3. The Morgan fingerprint density at radius 3 is 2.30 bits per heavy atom. The normalized spacial score (nSPS) is 11.9. The number of halogens is 2. The van der Waals surface area contributed by atoms with Crippen molar-refractivity contribution in [1.29, 1.82) is 0 Å². The van der Waals surface area contributed by atoms with Crippen molar-refractivity contribution < 1.29 is 9.53 Å². The standard InChI is InChI=1S/C16H20Br2O2/c1-10(9-14(17)18)5-6-20-16(19)15-12(3)7-11(2)8-13(15)4/h7-10H,5-6H2,1-4H3. The summed E-state index contributed by atoms with van der Waals surface area (Å²) in [4.78, 5) is 12.1. The Labute approximate surface area is 137 Å². The van der Waals surface area contributed by atoms with E-state index < -0.39 is 0 Å². The van der Waals surface area contributed by atoms with Gasteiger partial charge in [-0.15, -0.1) is 0 Å². The van der Waals surface area contributed by atoms with Crippen LogP contribution in [0.3, 0.4) is 0 Å². The molecule has 0 amide bonds. The highest BCUT2D eigenvalue weighted by Gasteiger charge is 2.14. The summed E-state index contributed by atoms with van der Waals surface area (Å²) in [6, 6.07) is 4.02. The first-order valence-corrected chi connectivity index (χ1v) is 8.17. The molecule has 0 spiro atoms. The van der Waals surface area contributed by atoms with E-state index in [1.807, 2.05) is 39.0 Å². The van der Waals surface area contributed by atoms with Gasteiger partial charge >= 0.3 is 5.97 Å². The summed E-state index contributed by atoms with van der Waals surface area (Å²) < 4.78 is 6.31. The fraction of sp³-hybridized carbons (Fsp3) is 0.438. The highest BCUT2D eigenvalue weighted by molar-refractivity contribution is 9.28. The maximum atomic E-state index is 12.1. The second-order valence-corrected chi connectivity index (χ2v) is 7.90. The lowest BCUT2D eigenvalue weighted by atomic mass is 10.00. The molecule has 0 aliphatic carbocycles. The van der Waals surface area contributed by atoms with Crippen LogP contribution in [0.2, 0.25) is 0 Å². The van der Waals surface area contributed by atoms with Gasteiger partial charge in [0.1, 0.15) is 0 Å². The van der Waals surface area contributed by atoms with Crippen LogP contribution in [0, 0.1) is 26.7 Å². The van der Waals surface area contributed by atoms with Crippen molar-refractivity contribution in [2.75, 3.05) is 6.61 Å². The van der Waals surface area contributed by atoms with Crippen LogP contribution >= 0.6 is 31.9 Å². The van der Waals surface area contributed by atoms with E-state index in [0.29, 0.717) is 18.1 Å². The fourth-order valence-electron chi connectivity index (χ4n) is 2.21. The number of rotatable bonds is 5. The summed E-state index contributed by atoms with van der Waals surface area (Å²) >= 11 is 6.66. The molecule has 1 aromatic carbocycles. The molecule has 0 fully saturated rings. The third-order valence-corrected chi connectivity index (χ3v) is 3.63. The molecule has 1 aromatic rings. The predicted molar refractivity (Wildman–Crippen MR) is 90.7 cm³/mol. The number of hydrogen-bond acceptors (Lipinski definition) is 2. The van der Waals surface area contributed by atoms with E-state index in [2.05, 4.69) is 38.8 Å². The highest BCUT2D eigenvalue weighted by Crippen LogP contribution is 2.19. The molecule has 0 radical (unpaired) electrons. The fourth-order valence-corrected chi connectivity index (χ4v) is 3.11. The van der Waals surface area contributed by atoms with Crippen molar-refractivity contribution in [2.45, 2.75) is 34.1 Å². The van der Waals surface area contributed by atoms with Gasteiger partial charge in [0.25, 0.3) is 0 Å². The van der Waals surface area contributed by atoms with E-state index in [9.17, 15) is 4.79 Å². The van der Waals surface area contributed by atoms with E-state index in [1.54, 1.807) is 0 Å². The molecule has 0 aliphatic rings. The van der Waals surface area contributed by atoms with Gasteiger partial charge in [-0.3, -0.25) is 0 Å². The minimum absolute atomic E-state index is 0.228. The summed E-state index contributed by atoms with van der Waals surface area (Å²) in [5, 5.41) is 0. The lowest BCUT2D eigenvalue weighted by Crippen LogP contribution is -2.11. The topological polar surface area (TPSA) is 26.3 Å². The van der Waals surface area contributed by atoms with E-state index >= 15 is 0 Å². The number of hydrogen-bond donors (Lipinski definition) is 0. The summed E-state index contributed by atoms with van der Waals surface area (Å²) in [5.74, 6) is 0.117. The van der Waals surface area contributed by atoms with Gasteiger partial charge in [0, 0.05) is 0 Å². The first-order valence-electron chi connectivity index (χ1n) is 6.59. The quantitative estimate of drug-likeness (QED) is 0.613. The maximum Gasteiger partial charge on any atom is 0.338 e. The van der Waals surface area contributed by atoms with Crippen molar-refractivity contribution in [1.82, 2.24) is 0 Å². The summed E-state index contributed by atoms with van der Waals surface area (Å²) in [5.41, 5.74) is 3.81. The van der Waals surface area contributed by atoms with Crippen LogP contribution in [0.25, 0.3) is 0 Å². The second kappa shape index (κ2) is 7.99. The van der Waals surface area contributed by atoms with Crippen LogP contribution in [0.5, 0.6) is 0 Å². The molecule has 4 heteroatoms. The van der Waals surface area contributed by atoms with E-state index in [4.69, 9.17) is 4.74 Å². The van der Waals surface area contributed by atoms with Gasteiger partial charge in [-0.1, -0.05) is 30.7 Å². The average Bonchev–Trinajstić information content (AvgIpc) is 2.25. The van der Waals surface area contributed by atoms with E-state index in [0.717, 1.165) is 26.5 Å². The molecule has 0 aromatic heterocycles. The molecule has 20 heavy (non-hydrogen) atoms. The number of carbonyl (C=O) groups is 1. The summed E-state index contributed by atoms with van der Waals surface area (Å²) in [6.45, 7) is 8.43. The van der Waals surface area contributed by atoms with Gasteiger partial charge in [-0.05, 0) is 76.1 Å². The Hall–Kier alpha value is -0.610. The lowest BCUT2D eigenvalue weighted by molar-refractivity contribution is 0.0490. The van der Waals surface area contributed by atoms with Crippen LogP contribution < -0.4 is 0 Å². The maximum absolute atomic E-state index is 12.1. The smallest absolute Gasteiger partial charge is 0.338 e. The molecular weight excluding hydrogens is 384 g/mol. The molecule has 0 heterocycles. The number of ether oxygens (including phenoxy) is 1.